The Morgan fingerprint density at radius 2 is 2.25 bits per heavy atom. The third-order valence-corrected chi connectivity index (χ3v) is 3.58. The molecule has 3 rings (SSSR count). The van der Waals surface area contributed by atoms with Gasteiger partial charge in [-0.2, -0.15) is 0 Å². The molecular formula is C16H19N3O. The van der Waals surface area contributed by atoms with Crippen molar-refractivity contribution in [3.63, 3.8) is 0 Å². The maximum Gasteiger partial charge on any atom is 0.122 e. The number of benzene rings is 1. The molecule has 0 aliphatic carbocycles. The maximum absolute atomic E-state index is 5.53. The predicted octanol–water partition coefficient (Wildman–Crippen LogP) is 2.09. The minimum Gasteiger partial charge on any atom is -0.493 e. The molecule has 4 heteroatoms. The third-order valence-electron chi connectivity index (χ3n) is 3.58. The highest BCUT2D eigenvalue weighted by Crippen LogP contribution is 2.26. The van der Waals surface area contributed by atoms with Crippen LogP contribution < -0.4 is 4.74 Å². The van der Waals surface area contributed by atoms with Gasteiger partial charge < -0.3 is 9.64 Å². The van der Waals surface area contributed by atoms with Crippen LogP contribution in [0.15, 0.2) is 36.8 Å². The summed E-state index contributed by atoms with van der Waals surface area (Å²) in [4.78, 5) is 10.7. The Hall–Kier alpha value is -1.94. The average molecular weight is 269 g/mol. The molecule has 0 unspecified atom stereocenters. The fraction of sp³-hybridized carbons (Fsp3) is 0.375. The van der Waals surface area contributed by atoms with Crippen LogP contribution in [0.1, 0.15) is 16.8 Å². The van der Waals surface area contributed by atoms with Gasteiger partial charge in [-0.1, -0.05) is 12.1 Å². The molecule has 0 saturated carbocycles. The van der Waals surface area contributed by atoms with Gasteiger partial charge in [0.05, 0.1) is 12.3 Å². The molecule has 0 saturated heterocycles. The van der Waals surface area contributed by atoms with Crippen LogP contribution in [0.25, 0.3) is 0 Å². The summed E-state index contributed by atoms with van der Waals surface area (Å²) in [5.74, 6) is 1.06. The number of aromatic nitrogens is 2. The highest BCUT2D eigenvalue weighted by molar-refractivity contribution is 5.39. The van der Waals surface area contributed by atoms with Crippen molar-refractivity contribution in [2.75, 3.05) is 20.2 Å². The molecule has 1 aromatic carbocycles. The Kier molecular flexibility index (Phi) is 3.92. The summed E-state index contributed by atoms with van der Waals surface area (Å²) in [6.45, 7) is 2.67. The number of hydrogen-bond acceptors (Lipinski definition) is 4. The molecule has 0 bridgehead atoms. The highest BCUT2D eigenvalue weighted by Gasteiger charge is 2.12. The van der Waals surface area contributed by atoms with E-state index >= 15 is 0 Å². The maximum atomic E-state index is 5.53. The fourth-order valence-corrected chi connectivity index (χ4v) is 2.48. The molecule has 104 valence electrons. The van der Waals surface area contributed by atoms with Crippen molar-refractivity contribution < 1.29 is 4.74 Å². The van der Waals surface area contributed by atoms with Gasteiger partial charge in [-0.25, -0.2) is 0 Å². The summed E-state index contributed by atoms with van der Waals surface area (Å²) in [5.41, 5.74) is 3.73. The van der Waals surface area contributed by atoms with E-state index in [1.54, 1.807) is 12.4 Å². The fourth-order valence-electron chi connectivity index (χ4n) is 2.48. The van der Waals surface area contributed by atoms with Crippen molar-refractivity contribution in [3.8, 4) is 5.75 Å². The van der Waals surface area contributed by atoms with Crippen LogP contribution in [-0.2, 0) is 19.4 Å². The van der Waals surface area contributed by atoms with Gasteiger partial charge in [-0.3, -0.25) is 9.97 Å². The summed E-state index contributed by atoms with van der Waals surface area (Å²) in [6.07, 6.45) is 7.35. The van der Waals surface area contributed by atoms with E-state index in [-0.39, 0.29) is 0 Å². The van der Waals surface area contributed by atoms with Gasteiger partial charge in [-0.15, -0.1) is 0 Å². The first kappa shape index (κ1) is 13.1. The van der Waals surface area contributed by atoms with Crippen LogP contribution in [0.2, 0.25) is 0 Å². The van der Waals surface area contributed by atoms with E-state index in [0.29, 0.717) is 0 Å². The molecule has 2 heterocycles. The number of rotatable bonds is 5. The molecule has 2 aromatic rings. The lowest BCUT2D eigenvalue weighted by Gasteiger charge is -2.16. The molecule has 1 aliphatic heterocycles. The highest BCUT2D eigenvalue weighted by atomic mass is 16.5. The minimum absolute atomic E-state index is 0.825. The Balaban J connectivity index is 1.54. The molecule has 20 heavy (non-hydrogen) atoms. The van der Waals surface area contributed by atoms with E-state index < -0.39 is 0 Å². The second kappa shape index (κ2) is 6.01. The topological polar surface area (TPSA) is 38.2 Å². The van der Waals surface area contributed by atoms with Crippen molar-refractivity contribution in [3.05, 3.63) is 53.6 Å². The van der Waals surface area contributed by atoms with Gasteiger partial charge >= 0.3 is 0 Å². The number of likely N-dealkylation sites (N-methyl/N-ethyl adjacent to an activating group) is 1. The minimum atomic E-state index is 0.825. The first-order valence-electron chi connectivity index (χ1n) is 6.99. The largest absolute Gasteiger partial charge is 0.493 e. The van der Waals surface area contributed by atoms with E-state index in [1.807, 2.05) is 6.20 Å². The summed E-state index contributed by atoms with van der Waals surface area (Å²) in [6, 6.07) is 6.54. The van der Waals surface area contributed by atoms with Gasteiger partial charge in [0.15, 0.2) is 0 Å². The van der Waals surface area contributed by atoms with Gasteiger partial charge in [0.2, 0.25) is 0 Å². The number of hydrogen-bond donors (Lipinski definition) is 0. The molecule has 4 nitrogen and oxygen atoms in total. The quantitative estimate of drug-likeness (QED) is 0.833. The second-order valence-electron chi connectivity index (χ2n) is 5.23. The van der Waals surface area contributed by atoms with E-state index in [2.05, 4.69) is 40.1 Å². The monoisotopic (exact) mass is 269 g/mol. The molecule has 0 N–H and O–H groups in total. The van der Waals surface area contributed by atoms with E-state index in [4.69, 9.17) is 4.74 Å². The van der Waals surface area contributed by atoms with Gasteiger partial charge in [0.1, 0.15) is 5.75 Å². The normalized spacial score (nSPS) is 13.3. The zero-order valence-electron chi connectivity index (χ0n) is 11.7. The van der Waals surface area contributed by atoms with E-state index in [9.17, 15) is 0 Å². The van der Waals surface area contributed by atoms with E-state index in [0.717, 1.165) is 44.0 Å². The Labute approximate surface area is 119 Å². The molecule has 0 spiro atoms. The van der Waals surface area contributed by atoms with E-state index in [1.165, 1.54) is 11.1 Å². The Morgan fingerprint density at radius 3 is 3.10 bits per heavy atom. The second-order valence-corrected chi connectivity index (χ2v) is 5.23. The van der Waals surface area contributed by atoms with Crippen LogP contribution in [0, 0.1) is 0 Å². The lowest BCUT2D eigenvalue weighted by molar-refractivity contribution is 0.326. The lowest BCUT2D eigenvalue weighted by Crippen LogP contribution is -2.21. The van der Waals surface area contributed by atoms with Crippen molar-refractivity contribution in [1.82, 2.24) is 14.9 Å². The van der Waals surface area contributed by atoms with Crippen molar-refractivity contribution in [2.24, 2.45) is 0 Å². The predicted molar refractivity (Wildman–Crippen MR) is 77.7 cm³/mol. The van der Waals surface area contributed by atoms with Crippen molar-refractivity contribution >= 4 is 0 Å². The first-order valence-corrected chi connectivity index (χ1v) is 6.99. The van der Waals surface area contributed by atoms with Gasteiger partial charge in [0, 0.05) is 38.1 Å². The first-order chi connectivity index (χ1) is 9.81. The zero-order valence-corrected chi connectivity index (χ0v) is 11.7. The average Bonchev–Trinajstić information content (AvgIpc) is 2.93. The molecule has 0 atom stereocenters. The zero-order chi connectivity index (χ0) is 13.8. The number of ether oxygens (including phenoxy) is 1. The van der Waals surface area contributed by atoms with Crippen LogP contribution >= 0.6 is 0 Å². The summed E-state index contributed by atoms with van der Waals surface area (Å²) < 4.78 is 5.53. The molecular weight excluding hydrogens is 250 g/mol. The molecule has 0 fully saturated rings. The van der Waals surface area contributed by atoms with Gasteiger partial charge in [-0.05, 0) is 30.7 Å². The third kappa shape index (κ3) is 3.14. The summed E-state index contributed by atoms with van der Waals surface area (Å²) >= 11 is 0. The molecule has 1 aliphatic rings. The number of nitrogens with zero attached hydrogens (tertiary/aromatic N) is 3. The van der Waals surface area contributed by atoms with Crippen LogP contribution in [0.3, 0.4) is 0 Å². The lowest BCUT2D eigenvalue weighted by atomic mass is 10.1. The summed E-state index contributed by atoms with van der Waals surface area (Å²) in [7, 11) is 2.12. The molecule has 0 amide bonds. The molecule has 0 radical (unpaired) electrons. The molecule has 1 aromatic heterocycles. The Morgan fingerprint density at radius 1 is 1.30 bits per heavy atom. The van der Waals surface area contributed by atoms with Crippen LogP contribution in [-0.4, -0.2) is 35.1 Å². The summed E-state index contributed by atoms with van der Waals surface area (Å²) in [5, 5.41) is 0. The Bertz CT molecular complexity index is 571. The van der Waals surface area contributed by atoms with Crippen molar-refractivity contribution in [2.45, 2.75) is 19.4 Å². The standard InChI is InChI=1S/C16H19N3O/c1-19(12-15-11-17-6-7-18-15)8-4-13-2-3-16-14(10-13)5-9-20-16/h2-3,6-7,10-11H,4-5,8-9,12H2,1H3. The van der Waals surface area contributed by atoms with Crippen LogP contribution in [0.4, 0.5) is 0 Å². The van der Waals surface area contributed by atoms with Crippen LogP contribution in [0.5, 0.6) is 5.75 Å². The van der Waals surface area contributed by atoms with Gasteiger partial charge in [0.25, 0.3) is 0 Å². The smallest absolute Gasteiger partial charge is 0.122 e. The number of fused-ring (bicyclic) bond motifs is 1. The SMILES string of the molecule is CN(CCc1ccc2c(c1)CCO2)Cc1cnccn1. The van der Waals surface area contributed by atoms with Crippen molar-refractivity contribution in [1.29, 1.82) is 0 Å².